The van der Waals surface area contributed by atoms with Crippen molar-refractivity contribution < 1.29 is 37.3 Å². The second-order valence-corrected chi connectivity index (χ2v) is 16.4. The summed E-state index contributed by atoms with van der Waals surface area (Å²) in [6, 6.07) is 0. The van der Waals surface area contributed by atoms with E-state index in [0.717, 1.165) is 51.4 Å². The van der Waals surface area contributed by atoms with E-state index in [1.807, 2.05) is 21.1 Å². The first-order valence-electron chi connectivity index (χ1n) is 21.0. The molecule has 0 spiro atoms. The highest BCUT2D eigenvalue weighted by atomic mass is 31.2. The number of quaternary nitrogens is 1. The number of phosphoric ester groups is 1. The van der Waals surface area contributed by atoms with E-state index in [-0.39, 0.29) is 26.2 Å². The minimum absolute atomic E-state index is 0.0140. The third-order valence-corrected chi connectivity index (χ3v) is 9.55. The van der Waals surface area contributed by atoms with Crippen LogP contribution in [0.3, 0.4) is 0 Å². The van der Waals surface area contributed by atoms with E-state index in [9.17, 15) is 14.3 Å². The Morgan fingerprint density at radius 2 is 1.08 bits per heavy atom. The summed E-state index contributed by atoms with van der Waals surface area (Å²) in [6.45, 7) is 5.21. The molecule has 0 aliphatic rings. The number of carbonyl (C=O) groups is 1. The van der Waals surface area contributed by atoms with Crippen LogP contribution in [0.2, 0.25) is 0 Å². The number of allylic oxidation sites excluding steroid dienone is 10. The largest absolute Gasteiger partial charge is 0.756 e. The summed E-state index contributed by atoms with van der Waals surface area (Å²) in [5.74, 6) is -0.391. The molecule has 53 heavy (non-hydrogen) atoms. The van der Waals surface area contributed by atoms with Gasteiger partial charge in [0.2, 0.25) is 0 Å². The molecule has 308 valence electrons. The maximum Gasteiger partial charge on any atom is 0.306 e. The van der Waals surface area contributed by atoms with Gasteiger partial charge in [0.15, 0.2) is 0 Å². The molecule has 0 rings (SSSR count). The number of hydrogen-bond acceptors (Lipinski definition) is 7. The Hall–Kier alpha value is -1.80. The molecule has 0 saturated carbocycles. The maximum atomic E-state index is 12.6. The number of phosphoric acid groups is 1. The van der Waals surface area contributed by atoms with E-state index in [1.165, 1.54) is 77.0 Å². The van der Waals surface area contributed by atoms with E-state index >= 15 is 0 Å². The fraction of sp³-hybridized carbons (Fsp3) is 0.750. The van der Waals surface area contributed by atoms with E-state index in [1.54, 1.807) is 0 Å². The minimum Gasteiger partial charge on any atom is -0.756 e. The van der Waals surface area contributed by atoms with Crippen molar-refractivity contribution >= 4 is 13.8 Å². The standard InChI is InChI=1S/C44H80NO7P/c1-6-8-10-12-14-16-18-20-22-23-24-25-27-29-31-33-35-37-44(46)52-43(42-51-53(47,48)50-40-38-45(3,4)5)41-49-39-36-34-32-30-28-26-21-19-17-15-13-11-9-7-2/h8,10,14,16,20,22,24-25,29,31,43H,6-7,9,11-13,15,17-19,21,23,26-28,30,32-42H2,1-5H3/t43-/m1/s1. The first-order valence-corrected chi connectivity index (χ1v) is 22.5. The van der Waals surface area contributed by atoms with E-state index < -0.39 is 19.9 Å². The van der Waals surface area contributed by atoms with Gasteiger partial charge in [-0.2, -0.15) is 0 Å². The van der Waals surface area contributed by atoms with Gasteiger partial charge in [-0.05, 0) is 51.4 Å². The van der Waals surface area contributed by atoms with Crippen molar-refractivity contribution in [3.63, 3.8) is 0 Å². The monoisotopic (exact) mass is 766 g/mol. The highest BCUT2D eigenvalue weighted by Crippen LogP contribution is 2.38. The molecular weight excluding hydrogens is 685 g/mol. The lowest BCUT2D eigenvalue weighted by atomic mass is 10.0. The number of unbranched alkanes of at least 4 members (excludes halogenated alkanes) is 14. The van der Waals surface area contributed by atoms with Crippen molar-refractivity contribution in [2.75, 3.05) is 54.1 Å². The van der Waals surface area contributed by atoms with Crippen LogP contribution in [0.1, 0.15) is 155 Å². The van der Waals surface area contributed by atoms with Crippen molar-refractivity contribution in [1.29, 1.82) is 0 Å². The zero-order valence-corrected chi connectivity index (χ0v) is 35.6. The van der Waals surface area contributed by atoms with Crippen LogP contribution in [0.5, 0.6) is 0 Å². The van der Waals surface area contributed by atoms with Gasteiger partial charge in [0, 0.05) is 13.0 Å². The average Bonchev–Trinajstić information content (AvgIpc) is 3.11. The van der Waals surface area contributed by atoms with Crippen molar-refractivity contribution in [2.24, 2.45) is 0 Å². The predicted molar refractivity (Wildman–Crippen MR) is 222 cm³/mol. The molecule has 0 radical (unpaired) electrons. The Bertz CT molecular complexity index is 1030. The first-order chi connectivity index (χ1) is 25.6. The van der Waals surface area contributed by atoms with Crippen LogP contribution in [0, 0.1) is 0 Å². The number of carbonyl (C=O) groups excluding carboxylic acids is 1. The summed E-state index contributed by atoms with van der Waals surface area (Å²) >= 11 is 0. The fourth-order valence-electron chi connectivity index (χ4n) is 5.35. The van der Waals surface area contributed by atoms with Gasteiger partial charge in [-0.15, -0.1) is 0 Å². The molecule has 0 amide bonds. The van der Waals surface area contributed by atoms with Gasteiger partial charge in [-0.25, -0.2) is 0 Å². The molecule has 0 heterocycles. The second-order valence-electron chi connectivity index (χ2n) is 15.0. The van der Waals surface area contributed by atoms with Crippen LogP contribution >= 0.6 is 7.82 Å². The van der Waals surface area contributed by atoms with Crippen molar-refractivity contribution in [3.8, 4) is 0 Å². The maximum absolute atomic E-state index is 12.6. The van der Waals surface area contributed by atoms with Crippen LogP contribution in [0.15, 0.2) is 60.8 Å². The fourth-order valence-corrected chi connectivity index (χ4v) is 6.07. The topological polar surface area (TPSA) is 94.1 Å². The number of likely N-dealkylation sites (N-methyl/N-ethyl adjacent to an activating group) is 1. The summed E-state index contributed by atoms with van der Waals surface area (Å²) in [5, 5.41) is 0. The summed E-state index contributed by atoms with van der Waals surface area (Å²) in [7, 11) is 1.31. The highest BCUT2D eigenvalue weighted by molar-refractivity contribution is 7.45. The Kier molecular flexibility index (Phi) is 35.9. The third-order valence-electron chi connectivity index (χ3n) is 8.58. The van der Waals surface area contributed by atoms with Gasteiger partial charge >= 0.3 is 5.97 Å². The smallest absolute Gasteiger partial charge is 0.306 e. The van der Waals surface area contributed by atoms with Gasteiger partial charge in [0.05, 0.1) is 34.4 Å². The molecule has 0 aromatic carbocycles. The molecule has 0 N–H and O–H groups in total. The number of rotatable bonds is 38. The summed E-state index contributed by atoms with van der Waals surface area (Å²) in [6.07, 6.45) is 45.2. The SMILES string of the molecule is CCC=CCC=CCC=CCC=CCC=CCCCC(=O)O[C@H](COCCCCCCCCCCCCCCCC)COP(=O)([O-])OCC[N+](C)(C)C. The lowest BCUT2D eigenvalue weighted by molar-refractivity contribution is -0.870. The van der Waals surface area contributed by atoms with Gasteiger partial charge in [-0.1, -0.05) is 158 Å². The second kappa shape index (κ2) is 37.1. The predicted octanol–water partition coefficient (Wildman–Crippen LogP) is 11.5. The number of nitrogens with zero attached hydrogens (tertiary/aromatic N) is 1. The molecule has 0 saturated heterocycles. The summed E-state index contributed by atoms with van der Waals surface area (Å²) < 4.78 is 34.5. The Labute approximate surface area is 326 Å². The molecule has 0 aromatic rings. The quantitative estimate of drug-likeness (QED) is 0.0203. The van der Waals surface area contributed by atoms with Crippen molar-refractivity contribution in [2.45, 2.75) is 161 Å². The molecule has 2 atom stereocenters. The Morgan fingerprint density at radius 3 is 1.57 bits per heavy atom. The Morgan fingerprint density at radius 1 is 0.604 bits per heavy atom. The molecule has 0 bridgehead atoms. The summed E-state index contributed by atoms with van der Waals surface area (Å²) in [5.41, 5.74) is 0. The minimum atomic E-state index is -4.54. The van der Waals surface area contributed by atoms with Crippen LogP contribution in [-0.2, 0) is 27.9 Å². The van der Waals surface area contributed by atoms with Gasteiger partial charge in [-0.3, -0.25) is 9.36 Å². The van der Waals surface area contributed by atoms with E-state index in [0.29, 0.717) is 24.1 Å². The van der Waals surface area contributed by atoms with Gasteiger partial charge in [0.25, 0.3) is 7.82 Å². The molecule has 0 aromatic heterocycles. The average molecular weight is 766 g/mol. The molecule has 1 unspecified atom stereocenters. The molecule has 0 aliphatic heterocycles. The number of esters is 1. The lowest BCUT2D eigenvalue weighted by Gasteiger charge is -2.28. The molecule has 0 fully saturated rings. The first kappa shape index (κ1) is 51.2. The highest BCUT2D eigenvalue weighted by Gasteiger charge is 2.20. The normalized spacial score (nSPS) is 14.5. The van der Waals surface area contributed by atoms with Crippen LogP contribution < -0.4 is 4.89 Å². The van der Waals surface area contributed by atoms with Gasteiger partial charge < -0.3 is 27.9 Å². The number of ether oxygens (including phenoxy) is 2. The molecule has 8 nitrogen and oxygen atoms in total. The van der Waals surface area contributed by atoms with Crippen LogP contribution in [0.25, 0.3) is 0 Å². The van der Waals surface area contributed by atoms with Crippen molar-refractivity contribution in [1.82, 2.24) is 0 Å². The molecule has 0 aliphatic carbocycles. The van der Waals surface area contributed by atoms with Gasteiger partial charge in [0.1, 0.15) is 19.3 Å². The van der Waals surface area contributed by atoms with Crippen LogP contribution in [-0.4, -0.2) is 70.7 Å². The Balaban J connectivity index is 4.37. The zero-order valence-electron chi connectivity index (χ0n) is 34.7. The molecule has 9 heteroatoms. The third kappa shape index (κ3) is 41.2. The zero-order chi connectivity index (χ0) is 39.1. The molecular formula is C44H80NO7P. The summed E-state index contributed by atoms with van der Waals surface area (Å²) in [4.78, 5) is 25.0. The number of hydrogen-bond donors (Lipinski definition) is 0. The van der Waals surface area contributed by atoms with E-state index in [2.05, 4.69) is 74.6 Å². The lowest BCUT2D eigenvalue weighted by Crippen LogP contribution is -2.37. The van der Waals surface area contributed by atoms with Crippen molar-refractivity contribution in [3.05, 3.63) is 60.8 Å². The van der Waals surface area contributed by atoms with Crippen LogP contribution in [0.4, 0.5) is 0 Å². The van der Waals surface area contributed by atoms with E-state index in [4.69, 9.17) is 18.5 Å².